The van der Waals surface area contributed by atoms with Crippen LogP contribution in [0.5, 0.6) is 5.75 Å². The number of rotatable bonds is 3. The Hall–Kier alpha value is -1.69. The maximum Gasteiger partial charge on any atom is 0.121 e. The second kappa shape index (κ2) is 5.97. The fraction of sp³-hybridized carbons (Fsp3) is 0.562. The zero-order chi connectivity index (χ0) is 13.8. The number of hydrogen-bond acceptors (Lipinski definition) is 3. The van der Waals surface area contributed by atoms with Gasteiger partial charge in [0.25, 0.3) is 0 Å². The highest BCUT2D eigenvalue weighted by Crippen LogP contribution is 2.31. The van der Waals surface area contributed by atoms with Gasteiger partial charge in [0.1, 0.15) is 5.75 Å². The molecule has 0 amide bonds. The minimum atomic E-state index is 0.266. The Morgan fingerprint density at radius 3 is 2.47 bits per heavy atom. The number of nitriles is 1. The van der Waals surface area contributed by atoms with E-state index in [4.69, 9.17) is 10.00 Å². The van der Waals surface area contributed by atoms with Crippen LogP contribution in [0.4, 0.5) is 5.69 Å². The van der Waals surface area contributed by atoms with Gasteiger partial charge in [0, 0.05) is 24.7 Å². The number of nitrogens with zero attached hydrogens (tertiary/aromatic N) is 2. The van der Waals surface area contributed by atoms with Gasteiger partial charge in [0.05, 0.1) is 13.2 Å². The van der Waals surface area contributed by atoms with Crippen LogP contribution in [-0.2, 0) is 0 Å². The lowest BCUT2D eigenvalue weighted by Gasteiger charge is -2.34. The van der Waals surface area contributed by atoms with Crippen molar-refractivity contribution in [3.05, 3.63) is 23.8 Å². The first-order valence-electron chi connectivity index (χ1n) is 6.92. The van der Waals surface area contributed by atoms with Crippen LogP contribution in [0.2, 0.25) is 0 Å². The van der Waals surface area contributed by atoms with Crippen molar-refractivity contribution >= 4 is 5.69 Å². The Bertz CT molecular complexity index is 470. The summed E-state index contributed by atoms with van der Waals surface area (Å²) in [6.45, 7) is 2.07. The largest absolute Gasteiger partial charge is 0.496 e. The summed E-state index contributed by atoms with van der Waals surface area (Å²) in [4.78, 5) is 2.35. The van der Waals surface area contributed by atoms with Crippen LogP contribution in [0.1, 0.15) is 31.2 Å². The third kappa shape index (κ3) is 3.01. The molecule has 0 bridgehead atoms. The molecule has 3 nitrogen and oxygen atoms in total. The second-order valence-corrected chi connectivity index (χ2v) is 5.40. The Labute approximate surface area is 115 Å². The Kier molecular flexibility index (Phi) is 4.31. The van der Waals surface area contributed by atoms with E-state index in [1.807, 2.05) is 6.07 Å². The molecule has 1 aliphatic carbocycles. The average Bonchev–Trinajstić information content (AvgIpc) is 2.46. The summed E-state index contributed by atoms with van der Waals surface area (Å²) in [6, 6.07) is 9.26. The minimum Gasteiger partial charge on any atom is -0.496 e. The summed E-state index contributed by atoms with van der Waals surface area (Å²) in [5.41, 5.74) is 2.40. The molecule has 0 aromatic heterocycles. The number of anilines is 1. The van der Waals surface area contributed by atoms with Crippen LogP contribution in [0.3, 0.4) is 0 Å². The molecule has 1 aromatic carbocycles. The fourth-order valence-electron chi connectivity index (χ4n) is 2.89. The summed E-state index contributed by atoms with van der Waals surface area (Å²) in [5, 5.41) is 8.95. The van der Waals surface area contributed by atoms with Crippen molar-refractivity contribution in [2.75, 3.05) is 19.1 Å². The van der Waals surface area contributed by atoms with E-state index in [0.29, 0.717) is 6.04 Å². The lowest BCUT2D eigenvalue weighted by Crippen LogP contribution is -2.35. The van der Waals surface area contributed by atoms with Gasteiger partial charge in [-0.1, -0.05) is 0 Å². The van der Waals surface area contributed by atoms with Crippen molar-refractivity contribution in [2.45, 2.75) is 38.6 Å². The molecule has 0 atom stereocenters. The molecule has 0 aliphatic heterocycles. The van der Waals surface area contributed by atoms with Crippen LogP contribution in [0, 0.1) is 24.2 Å². The molecule has 1 aromatic rings. The summed E-state index contributed by atoms with van der Waals surface area (Å²) >= 11 is 0. The highest BCUT2D eigenvalue weighted by atomic mass is 16.5. The van der Waals surface area contributed by atoms with Crippen LogP contribution in [0.25, 0.3) is 0 Å². The second-order valence-electron chi connectivity index (χ2n) is 5.40. The van der Waals surface area contributed by atoms with Crippen LogP contribution < -0.4 is 9.64 Å². The Morgan fingerprint density at radius 2 is 1.95 bits per heavy atom. The molecule has 1 saturated carbocycles. The van der Waals surface area contributed by atoms with Crippen LogP contribution in [0.15, 0.2) is 18.2 Å². The van der Waals surface area contributed by atoms with E-state index in [-0.39, 0.29) is 5.92 Å². The topological polar surface area (TPSA) is 36.3 Å². The van der Waals surface area contributed by atoms with E-state index >= 15 is 0 Å². The van der Waals surface area contributed by atoms with Gasteiger partial charge in [0.15, 0.2) is 0 Å². The maximum atomic E-state index is 8.95. The van der Waals surface area contributed by atoms with Crippen molar-refractivity contribution in [1.82, 2.24) is 0 Å². The molecule has 102 valence electrons. The van der Waals surface area contributed by atoms with E-state index < -0.39 is 0 Å². The molecule has 0 N–H and O–H groups in total. The molecule has 0 saturated heterocycles. The van der Waals surface area contributed by atoms with Gasteiger partial charge in [-0.25, -0.2) is 0 Å². The minimum absolute atomic E-state index is 0.266. The summed E-state index contributed by atoms with van der Waals surface area (Å²) < 4.78 is 5.30. The molecule has 1 aliphatic rings. The summed E-state index contributed by atoms with van der Waals surface area (Å²) in [5.74, 6) is 1.20. The van der Waals surface area contributed by atoms with Crippen molar-refractivity contribution < 1.29 is 4.74 Å². The quantitative estimate of drug-likeness (QED) is 0.832. The maximum absolute atomic E-state index is 8.95. The Balaban J connectivity index is 2.06. The van der Waals surface area contributed by atoms with E-state index in [2.05, 4.69) is 37.1 Å². The number of ether oxygens (including phenoxy) is 1. The SMILES string of the molecule is COc1ccc(N(C)C2CCC(C#N)CC2)cc1C. The molecule has 0 spiro atoms. The molecule has 0 heterocycles. The van der Waals surface area contributed by atoms with E-state index in [0.717, 1.165) is 37.0 Å². The van der Waals surface area contributed by atoms with E-state index in [9.17, 15) is 0 Å². The molecule has 1 fully saturated rings. The highest BCUT2D eigenvalue weighted by molar-refractivity contribution is 5.53. The Morgan fingerprint density at radius 1 is 1.26 bits per heavy atom. The molecular weight excluding hydrogens is 236 g/mol. The predicted molar refractivity (Wildman–Crippen MR) is 77.5 cm³/mol. The lowest BCUT2D eigenvalue weighted by molar-refractivity contribution is 0.372. The first-order valence-corrected chi connectivity index (χ1v) is 6.92. The van der Waals surface area contributed by atoms with E-state index in [1.54, 1.807) is 7.11 Å². The van der Waals surface area contributed by atoms with Crippen molar-refractivity contribution in [2.24, 2.45) is 5.92 Å². The first-order chi connectivity index (χ1) is 9.15. The standard InChI is InChI=1S/C16H22N2O/c1-12-10-15(8-9-16(12)19-3)18(2)14-6-4-13(11-17)5-7-14/h8-10,13-14H,4-7H2,1-3H3. The van der Waals surface area contributed by atoms with Gasteiger partial charge in [-0.3, -0.25) is 0 Å². The molecule has 0 unspecified atom stereocenters. The number of hydrogen-bond donors (Lipinski definition) is 0. The van der Waals surface area contributed by atoms with Crippen molar-refractivity contribution in [3.63, 3.8) is 0 Å². The fourth-order valence-corrected chi connectivity index (χ4v) is 2.89. The summed E-state index contributed by atoms with van der Waals surface area (Å²) in [7, 11) is 3.85. The lowest BCUT2D eigenvalue weighted by atomic mass is 9.86. The van der Waals surface area contributed by atoms with E-state index in [1.165, 1.54) is 5.69 Å². The zero-order valence-electron chi connectivity index (χ0n) is 12.0. The molecule has 2 rings (SSSR count). The van der Waals surface area contributed by atoms with Gasteiger partial charge >= 0.3 is 0 Å². The molecule has 3 heteroatoms. The van der Waals surface area contributed by atoms with Crippen molar-refractivity contribution in [3.8, 4) is 11.8 Å². The number of benzene rings is 1. The molecular formula is C16H22N2O. The summed E-state index contributed by atoms with van der Waals surface area (Å²) in [6.07, 6.45) is 4.28. The van der Waals surface area contributed by atoms with Gasteiger partial charge in [-0.15, -0.1) is 0 Å². The van der Waals surface area contributed by atoms with Gasteiger partial charge in [0.2, 0.25) is 0 Å². The van der Waals surface area contributed by atoms with Gasteiger partial charge in [-0.2, -0.15) is 5.26 Å². The zero-order valence-corrected chi connectivity index (χ0v) is 12.0. The third-order valence-electron chi connectivity index (χ3n) is 4.21. The predicted octanol–water partition coefficient (Wildman–Crippen LogP) is 3.52. The number of aryl methyl sites for hydroxylation is 1. The normalized spacial score (nSPS) is 22.6. The van der Waals surface area contributed by atoms with Crippen LogP contribution in [-0.4, -0.2) is 20.2 Å². The van der Waals surface area contributed by atoms with Crippen molar-refractivity contribution in [1.29, 1.82) is 5.26 Å². The molecule has 19 heavy (non-hydrogen) atoms. The van der Waals surface area contributed by atoms with Gasteiger partial charge < -0.3 is 9.64 Å². The monoisotopic (exact) mass is 258 g/mol. The first kappa shape index (κ1) is 13.7. The average molecular weight is 258 g/mol. The smallest absolute Gasteiger partial charge is 0.121 e. The van der Waals surface area contributed by atoms with Crippen LogP contribution >= 0.6 is 0 Å². The third-order valence-corrected chi connectivity index (χ3v) is 4.21. The van der Waals surface area contributed by atoms with Gasteiger partial charge in [-0.05, 0) is 56.4 Å². The molecule has 0 radical (unpaired) electrons. The number of methoxy groups -OCH3 is 1. The highest BCUT2D eigenvalue weighted by Gasteiger charge is 2.24.